The first-order valence-corrected chi connectivity index (χ1v) is 6.35. The van der Waals surface area contributed by atoms with Crippen LogP contribution in [0.15, 0.2) is 42.5 Å². The molecular formula is C15H14ClF2N. The molecule has 0 fully saturated rings. The molecule has 0 radical (unpaired) electrons. The Balaban J connectivity index is 2.27. The summed E-state index contributed by atoms with van der Waals surface area (Å²) >= 11 is 5.71. The number of likely N-dealkylation sites (N-methyl/N-ethyl adjacent to an activating group) is 1. The minimum absolute atomic E-state index is 0.281. The molecule has 19 heavy (non-hydrogen) atoms. The normalized spacial score (nSPS) is 12.4. The lowest BCUT2D eigenvalue weighted by Gasteiger charge is -2.18. The van der Waals surface area contributed by atoms with Gasteiger partial charge in [0.25, 0.3) is 0 Å². The van der Waals surface area contributed by atoms with Gasteiger partial charge in [0, 0.05) is 16.6 Å². The first-order chi connectivity index (χ1) is 9.11. The highest BCUT2D eigenvalue weighted by Gasteiger charge is 2.16. The molecule has 1 atom stereocenters. The van der Waals surface area contributed by atoms with Crippen LogP contribution in [0.4, 0.5) is 8.78 Å². The van der Waals surface area contributed by atoms with Crippen molar-refractivity contribution in [3.05, 3.63) is 70.2 Å². The van der Waals surface area contributed by atoms with E-state index in [4.69, 9.17) is 11.6 Å². The summed E-state index contributed by atoms with van der Waals surface area (Å²) in [5.41, 5.74) is 1.03. The van der Waals surface area contributed by atoms with Crippen molar-refractivity contribution in [1.82, 2.24) is 5.32 Å². The topological polar surface area (TPSA) is 12.0 Å². The lowest BCUT2D eigenvalue weighted by Crippen LogP contribution is -2.20. The van der Waals surface area contributed by atoms with Crippen molar-refractivity contribution in [3.8, 4) is 0 Å². The molecule has 0 aromatic heterocycles. The smallest absolute Gasteiger partial charge is 0.127 e. The highest BCUT2D eigenvalue weighted by Crippen LogP contribution is 2.23. The van der Waals surface area contributed by atoms with Gasteiger partial charge >= 0.3 is 0 Å². The first-order valence-electron chi connectivity index (χ1n) is 5.97. The minimum atomic E-state index is -0.371. The van der Waals surface area contributed by atoms with Crippen LogP contribution in [0.25, 0.3) is 0 Å². The fourth-order valence-electron chi connectivity index (χ4n) is 2.03. The van der Waals surface area contributed by atoms with Gasteiger partial charge in [0.15, 0.2) is 0 Å². The van der Waals surface area contributed by atoms with E-state index in [-0.39, 0.29) is 17.7 Å². The largest absolute Gasteiger partial charge is 0.313 e. The summed E-state index contributed by atoms with van der Waals surface area (Å²) in [4.78, 5) is 0. The second kappa shape index (κ2) is 6.13. The Morgan fingerprint density at radius 3 is 2.47 bits per heavy atom. The average molecular weight is 282 g/mol. The molecule has 2 rings (SSSR count). The van der Waals surface area contributed by atoms with Crippen LogP contribution in [0.2, 0.25) is 5.02 Å². The van der Waals surface area contributed by atoms with E-state index in [0.717, 1.165) is 0 Å². The van der Waals surface area contributed by atoms with E-state index in [0.29, 0.717) is 22.6 Å². The molecule has 0 aliphatic rings. The molecule has 1 unspecified atom stereocenters. The van der Waals surface area contributed by atoms with Crippen LogP contribution in [0.3, 0.4) is 0 Å². The molecule has 2 aromatic carbocycles. The SMILES string of the molecule is CNC(Cc1ccc(Cl)cc1F)c1ccccc1F. The van der Waals surface area contributed by atoms with Crippen molar-refractivity contribution < 1.29 is 8.78 Å². The minimum Gasteiger partial charge on any atom is -0.313 e. The second-order valence-corrected chi connectivity index (χ2v) is 4.74. The van der Waals surface area contributed by atoms with E-state index < -0.39 is 0 Å². The molecule has 0 saturated heterocycles. The maximum absolute atomic E-state index is 13.8. The molecule has 0 aliphatic carbocycles. The summed E-state index contributed by atoms with van der Waals surface area (Å²) in [5, 5.41) is 3.36. The van der Waals surface area contributed by atoms with E-state index in [9.17, 15) is 8.78 Å². The van der Waals surface area contributed by atoms with Gasteiger partial charge < -0.3 is 5.32 Å². The molecule has 0 spiro atoms. The molecule has 100 valence electrons. The van der Waals surface area contributed by atoms with Gasteiger partial charge in [-0.15, -0.1) is 0 Å². The van der Waals surface area contributed by atoms with E-state index in [2.05, 4.69) is 5.32 Å². The molecule has 0 bridgehead atoms. The van der Waals surface area contributed by atoms with Crippen molar-refractivity contribution in [2.24, 2.45) is 0 Å². The lowest BCUT2D eigenvalue weighted by atomic mass is 9.98. The van der Waals surface area contributed by atoms with E-state index in [1.54, 1.807) is 37.4 Å². The fraction of sp³-hybridized carbons (Fsp3) is 0.200. The molecule has 1 N–H and O–H groups in total. The fourth-order valence-corrected chi connectivity index (χ4v) is 2.19. The van der Waals surface area contributed by atoms with Gasteiger partial charge in [0.2, 0.25) is 0 Å². The van der Waals surface area contributed by atoms with E-state index in [1.165, 1.54) is 12.1 Å². The van der Waals surface area contributed by atoms with Gasteiger partial charge in [-0.1, -0.05) is 35.9 Å². The van der Waals surface area contributed by atoms with Crippen molar-refractivity contribution >= 4 is 11.6 Å². The van der Waals surface area contributed by atoms with Crippen molar-refractivity contribution in [1.29, 1.82) is 0 Å². The van der Waals surface area contributed by atoms with Crippen LogP contribution < -0.4 is 5.32 Å². The number of halogens is 3. The van der Waals surface area contributed by atoms with Gasteiger partial charge in [-0.3, -0.25) is 0 Å². The predicted molar refractivity (Wildman–Crippen MR) is 73.3 cm³/mol. The standard InChI is InChI=1S/C15H14ClF2N/c1-19-15(12-4-2-3-5-13(12)17)8-10-6-7-11(16)9-14(10)18/h2-7,9,15,19H,8H2,1H3. The molecule has 0 heterocycles. The van der Waals surface area contributed by atoms with Crippen molar-refractivity contribution in [3.63, 3.8) is 0 Å². The zero-order chi connectivity index (χ0) is 13.8. The van der Waals surface area contributed by atoms with Gasteiger partial charge in [-0.2, -0.15) is 0 Å². The van der Waals surface area contributed by atoms with Crippen LogP contribution in [-0.4, -0.2) is 7.05 Å². The third-order valence-corrected chi connectivity index (χ3v) is 3.30. The van der Waals surface area contributed by atoms with Crippen LogP contribution in [0.5, 0.6) is 0 Å². The Bertz CT molecular complexity index is 572. The first kappa shape index (κ1) is 14.0. The summed E-state index contributed by atoms with van der Waals surface area (Å²) in [5.74, 6) is -0.666. The molecule has 4 heteroatoms. The summed E-state index contributed by atoms with van der Waals surface area (Å²) < 4.78 is 27.5. The maximum atomic E-state index is 13.8. The van der Waals surface area contributed by atoms with Gasteiger partial charge in [-0.05, 0) is 37.2 Å². The molecule has 2 aromatic rings. The number of rotatable bonds is 4. The zero-order valence-electron chi connectivity index (χ0n) is 10.5. The maximum Gasteiger partial charge on any atom is 0.127 e. The molecule has 0 amide bonds. The molecular weight excluding hydrogens is 268 g/mol. The Kier molecular flexibility index (Phi) is 4.51. The van der Waals surface area contributed by atoms with Gasteiger partial charge in [0.05, 0.1) is 0 Å². The predicted octanol–water partition coefficient (Wildman–Crippen LogP) is 4.12. The summed E-state index contributed by atoms with van der Waals surface area (Å²) in [6.07, 6.45) is 0.362. The van der Waals surface area contributed by atoms with Crippen LogP contribution in [0, 0.1) is 11.6 Å². The summed E-state index contributed by atoms with van der Waals surface area (Å²) in [7, 11) is 1.73. The quantitative estimate of drug-likeness (QED) is 0.889. The molecule has 0 aliphatic heterocycles. The molecule has 0 saturated carbocycles. The van der Waals surface area contributed by atoms with Crippen LogP contribution in [0.1, 0.15) is 17.2 Å². The van der Waals surface area contributed by atoms with E-state index >= 15 is 0 Å². The number of nitrogens with one attached hydrogen (secondary N) is 1. The monoisotopic (exact) mass is 281 g/mol. The Morgan fingerprint density at radius 1 is 1.11 bits per heavy atom. The van der Waals surface area contributed by atoms with Crippen LogP contribution >= 0.6 is 11.6 Å². The number of hydrogen-bond acceptors (Lipinski definition) is 1. The third-order valence-electron chi connectivity index (χ3n) is 3.07. The Morgan fingerprint density at radius 2 is 1.84 bits per heavy atom. The number of hydrogen-bond donors (Lipinski definition) is 1. The second-order valence-electron chi connectivity index (χ2n) is 4.30. The third kappa shape index (κ3) is 3.31. The van der Waals surface area contributed by atoms with Crippen molar-refractivity contribution in [2.45, 2.75) is 12.5 Å². The Labute approximate surface area is 116 Å². The van der Waals surface area contributed by atoms with E-state index in [1.807, 2.05) is 0 Å². The van der Waals surface area contributed by atoms with Crippen molar-refractivity contribution in [2.75, 3.05) is 7.05 Å². The van der Waals surface area contributed by atoms with Crippen LogP contribution in [-0.2, 0) is 6.42 Å². The Hall–Kier alpha value is -1.45. The highest BCUT2D eigenvalue weighted by atomic mass is 35.5. The van der Waals surface area contributed by atoms with Gasteiger partial charge in [0.1, 0.15) is 11.6 Å². The highest BCUT2D eigenvalue weighted by molar-refractivity contribution is 6.30. The number of benzene rings is 2. The molecule has 1 nitrogen and oxygen atoms in total. The summed E-state index contributed by atoms with van der Waals surface area (Å²) in [6.45, 7) is 0. The summed E-state index contributed by atoms with van der Waals surface area (Å²) in [6, 6.07) is 10.7. The lowest BCUT2D eigenvalue weighted by molar-refractivity contribution is 0.520. The zero-order valence-corrected chi connectivity index (χ0v) is 11.2. The average Bonchev–Trinajstić information content (AvgIpc) is 2.39. The van der Waals surface area contributed by atoms with Gasteiger partial charge in [-0.25, -0.2) is 8.78 Å².